The fraction of sp³-hybridized carbons (Fsp3) is 0.429. The summed E-state index contributed by atoms with van der Waals surface area (Å²) in [6, 6.07) is 6.74. The van der Waals surface area contributed by atoms with Crippen molar-refractivity contribution in [2.75, 3.05) is 6.54 Å². The summed E-state index contributed by atoms with van der Waals surface area (Å²) in [4.78, 5) is 0. The molecule has 2 heteroatoms. The van der Waals surface area contributed by atoms with E-state index in [0.717, 1.165) is 18.0 Å². The highest BCUT2D eigenvalue weighted by atomic mass is 35.5. The summed E-state index contributed by atoms with van der Waals surface area (Å²) in [5.41, 5.74) is 4.19. The maximum Gasteiger partial charge on any atom is 0.0408 e. The Labute approximate surface area is 103 Å². The smallest absolute Gasteiger partial charge is 0.0408 e. The summed E-state index contributed by atoms with van der Waals surface area (Å²) in [5, 5.41) is 4.42. The van der Waals surface area contributed by atoms with Crippen LogP contribution in [0.1, 0.15) is 37.4 Å². The first-order valence-corrected chi connectivity index (χ1v) is 6.19. The summed E-state index contributed by atoms with van der Waals surface area (Å²) < 4.78 is 0. The molecule has 1 aliphatic rings. The van der Waals surface area contributed by atoms with E-state index in [1.165, 1.54) is 23.1 Å². The molecule has 0 spiro atoms. The summed E-state index contributed by atoms with van der Waals surface area (Å²) >= 11 is 5.99. The van der Waals surface area contributed by atoms with Crippen LogP contribution in [0.5, 0.6) is 0 Å². The van der Waals surface area contributed by atoms with E-state index in [4.69, 9.17) is 11.6 Å². The Bertz CT molecular complexity index is 405. The summed E-state index contributed by atoms with van der Waals surface area (Å²) in [6.45, 7) is 5.21. The standard InChI is InChI=1S/C14H18ClN/c1-10(2)7-8-16-14-6-3-11-9-12(15)4-5-13(11)14/h4-5,7,9,14,16H,3,6,8H2,1-2H3. The third-order valence-corrected chi connectivity index (χ3v) is 3.29. The number of allylic oxidation sites excluding steroid dienone is 1. The predicted molar refractivity (Wildman–Crippen MR) is 69.9 cm³/mol. The number of halogens is 1. The van der Waals surface area contributed by atoms with Gasteiger partial charge in [0, 0.05) is 17.6 Å². The van der Waals surface area contributed by atoms with Crippen LogP contribution in [0, 0.1) is 0 Å². The molecule has 1 nitrogen and oxygen atoms in total. The van der Waals surface area contributed by atoms with Gasteiger partial charge in [-0.15, -0.1) is 0 Å². The molecule has 0 saturated heterocycles. The number of nitrogens with one attached hydrogen (secondary N) is 1. The molecular formula is C14H18ClN. The molecular weight excluding hydrogens is 218 g/mol. The average molecular weight is 236 g/mol. The lowest BCUT2D eigenvalue weighted by Gasteiger charge is -2.12. The second-order valence-electron chi connectivity index (χ2n) is 4.62. The van der Waals surface area contributed by atoms with Gasteiger partial charge in [-0.1, -0.05) is 29.3 Å². The molecule has 0 aliphatic heterocycles. The van der Waals surface area contributed by atoms with Crippen LogP contribution in [0.3, 0.4) is 0 Å². The number of fused-ring (bicyclic) bond motifs is 1. The zero-order chi connectivity index (χ0) is 11.5. The van der Waals surface area contributed by atoms with E-state index in [9.17, 15) is 0 Å². The first kappa shape index (κ1) is 11.7. The van der Waals surface area contributed by atoms with Gasteiger partial charge in [-0.2, -0.15) is 0 Å². The lowest BCUT2D eigenvalue weighted by atomic mass is 10.1. The molecule has 1 atom stereocenters. The Morgan fingerprint density at radius 3 is 3.06 bits per heavy atom. The maximum atomic E-state index is 5.99. The molecule has 0 saturated carbocycles. The van der Waals surface area contributed by atoms with Crippen LogP contribution >= 0.6 is 11.6 Å². The molecule has 1 N–H and O–H groups in total. The van der Waals surface area contributed by atoms with E-state index in [2.05, 4.69) is 37.4 Å². The molecule has 0 fully saturated rings. The number of hydrogen-bond donors (Lipinski definition) is 1. The van der Waals surface area contributed by atoms with Gasteiger partial charge in [0.25, 0.3) is 0 Å². The zero-order valence-corrected chi connectivity index (χ0v) is 10.6. The Kier molecular flexibility index (Phi) is 3.67. The summed E-state index contributed by atoms with van der Waals surface area (Å²) in [6.07, 6.45) is 4.56. The number of benzene rings is 1. The third-order valence-electron chi connectivity index (χ3n) is 3.06. The Hall–Kier alpha value is -0.790. The van der Waals surface area contributed by atoms with Crippen molar-refractivity contribution in [2.45, 2.75) is 32.7 Å². The highest BCUT2D eigenvalue weighted by Crippen LogP contribution is 2.32. The van der Waals surface area contributed by atoms with Crippen LogP contribution in [0.4, 0.5) is 0 Å². The van der Waals surface area contributed by atoms with Gasteiger partial charge in [-0.25, -0.2) is 0 Å². The lowest BCUT2D eigenvalue weighted by molar-refractivity contribution is 0.563. The first-order valence-electron chi connectivity index (χ1n) is 5.82. The molecule has 1 unspecified atom stereocenters. The fourth-order valence-corrected chi connectivity index (χ4v) is 2.40. The van der Waals surface area contributed by atoms with E-state index in [0.29, 0.717) is 6.04 Å². The van der Waals surface area contributed by atoms with E-state index >= 15 is 0 Å². The highest BCUT2D eigenvalue weighted by Gasteiger charge is 2.21. The molecule has 0 radical (unpaired) electrons. The molecule has 1 aromatic rings. The van der Waals surface area contributed by atoms with Gasteiger partial charge < -0.3 is 5.32 Å². The highest BCUT2D eigenvalue weighted by molar-refractivity contribution is 6.30. The van der Waals surface area contributed by atoms with E-state index in [1.807, 2.05) is 6.07 Å². The Morgan fingerprint density at radius 2 is 2.31 bits per heavy atom. The van der Waals surface area contributed by atoms with Crippen LogP contribution < -0.4 is 5.32 Å². The molecule has 86 valence electrons. The van der Waals surface area contributed by atoms with Crippen LogP contribution in [0.2, 0.25) is 5.02 Å². The van der Waals surface area contributed by atoms with Crippen LogP contribution in [0.25, 0.3) is 0 Å². The number of hydrogen-bond acceptors (Lipinski definition) is 1. The normalized spacial score (nSPS) is 18.3. The van der Waals surface area contributed by atoms with Gasteiger partial charge >= 0.3 is 0 Å². The second kappa shape index (κ2) is 5.03. The Morgan fingerprint density at radius 1 is 1.50 bits per heavy atom. The minimum Gasteiger partial charge on any atom is -0.306 e. The fourth-order valence-electron chi connectivity index (χ4n) is 2.20. The molecule has 2 rings (SSSR count). The van der Waals surface area contributed by atoms with Crippen LogP contribution in [-0.2, 0) is 6.42 Å². The minimum atomic E-state index is 0.503. The second-order valence-corrected chi connectivity index (χ2v) is 5.06. The van der Waals surface area contributed by atoms with Crippen molar-refractivity contribution < 1.29 is 0 Å². The molecule has 16 heavy (non-hydrogen) atoms. The quantitative estimate of drug-likeness (QED) is 0.784. The molecule has 1 aliphatic carbocycles. The van der Waals surface area contributed by atoms with E-state index in [-0.39, 0.29) is 0 Å². The number of rotatable bonds is 3. The molecule has 0 heterocycles. The molecule has 0 bridgehead atoms. The van der Waals surface area contributed by atoms with Gasteiger partial charge in [0.05, 0.1) is 0 Å². The van der Waals surface area contributed by atoms with Crippen molar-refractivity contribution in [3.8, 4) is 0 Å². The topological polar surface area (TPSA) is 12.0 Å². The Balaban J connectivity index is 2.03. The molecule has 1 aromatic carbocycles. The van der Waals surface area contributed by atoms with Crippen molar-refractivity contribution in [2.24, 2.45) is 0 Å². The zero-order valence-electron chi connectivity index (χ0n) is 9.89. The average Bonchev–Trinajstić information content (AvgIpc) is 2.60. The van der Waals surface area contributed by atoms with Crippen molar-refractivity contribution in [3.63, 3.8) is 0 Å². The molecule has 0 amide bonds. The number of aryl methyl sites for hydroxylation is 1. The predicted octanol–water partition coefficient (Wildman–Crippen LogP) is 3.88. The van der Waals surface area contributed by atoms with Crippen LogP contribution in [-0.4, -0.2) is 6.54 Å². The monoisotopic (exact) mass is 235 g/mol. The minimum absolute atomic E-state index is 0.503. The van der Waals surface area contributed by atoms with E-state index < -0.39 is 0 Å². The molecule has 0 aromatic heterocycles. The van der Waals surface area contributed by atoms with Crippen LogP contribution in [0.15, 0.2) is 29.8 Å². The van der Waals surface area contributed by atoms with Crippen molar-refractivity contribution >= 4 is 11.6 Å². The van der Waals surface area contributed by atoms with Gasteiger partial charge in [0.15, 0.2) is 0 Å². The lowest BCUT2D eigenvalue weighted by Crippen LogP contribution is -2.19. The van der Waals surface area contributed by atoms with E-state index in [1.54, 1.807) is 0 Å². The maximum absolute atomic E-state index is 5.99. The van der Waals surface area contributed by atoms with Gasteiger partial charge in [-0.05, 0) is 49.9 Å². The van der Waals surface area contributed by atoms with Crippen molar-refractivity contribution in [1.29, 1.82) is 0 Å². The first-order chi connectivity index (χ1) is 7.66. The third kappa shape index (κ3) is 2.66. The van der Waals surface area contributed by atoms with Gasteiger partial charge in [0.1, 0.15) is 0 Å². The van der Waals surface area contributed by atoms with Crippen molar-refractivity contribution in [3.05, 3.63) is 46.0 Å². The van der Waals surface area contributed by atoms with Gasteiger partial charge in [-0.3, -0.25) is 0 Å². The largest absolute Gasteiger partial charge is 0.306 e. The van der Waals surface area contributed by atoms with Crippen molar-refractivity contribution in [1.82, 2.24) is 5.32 Å². The summed E-state index contributed by atoms with van der Waals surface area (Å²) in [5.74, 6) is 0. The SMILES string of the molecule is CC(C)=CCNC1CCc2cc(Cl)ccc21. The van der Waals surface area contributed by atoms with Gasteiger partial charge in [0.2, 0.25) is 0 Å². The summed E-state index contributed by atoms with van der Waals surface area (Å²) in [7, 11) is 0.